The van der Waals surface area contributed by atoms with E-state index in [1.54, 1.807) is 35.6 Å². The zero-order valence-electron chi connectivity index (χ0n) is 13.5. The topological polar surface area (TPSA) is 75.4 Å². The number of hydrogen-bond acceptors (Lipinski definition) is 3. The number of carboxylic acid groups (broad SMARTS) is 1. The lowest BCUT2D eigenvalue weighted by molar-refractivity contribution is -0.147. The number of likely N-dealkylation sites (tertiary alicyclic amines) is 1. The Balaban J connectivity index is 1.85. The Morgan fingerprint density at radius 1 is 1.29 bits per heavy atom. The van der Waals surface area contributed by atoms with Crippen molar-refractivity contribution < 1.29 is 19.1 Å². The fourth-order valence-corrected chi connectivity index (χ4v) is 2.94. The van der Waals surface area contributed by atoms with Crippen LogP contribution < -0.4 is 0 Å². The molecule has 1 saturated heterocycles. The van der Waals surface area contributed by atoms with Crippen LogP contribution >= 0.6 is 0 Å². The van der Waals surface area contributed by atoms with E-state index in [0.717, 1.165) is 0 Å². The number of carboxylic acids is 1. The van der Waals surface area contributed by atoms with Gasteiger partial charge in [0, 0.05) is 13.1 Å². The van der Waals surface area contributed by atoms with E-state index < -0.39 is 11.4 Å². The molecular formula is C17H18FN3O3. The quantitative estimate of drug-likeness (QED) is 0.936. The van der Waals surface area contributed by atoms with Gasteiger partial charge in [0.15, 0.2) is 0 Å². The maximum Gasteiger partial charge on any atom is 0.311 e. The van der Waals surface area contributed by atoms with Crippen molar-refractivity contribution in [1.29, 1.82) is 0 Å². The van der Waals surface area contributed by atoms with Crippen molar-refractivity contribution in [3.63, 3.8) is 0 Å². The van der Waals surface area contributed by atoms with Crippen molar-refractivity contribution in [3.8, 4) is 5.69 Å². The third kappa shape index (κ3) is 2.66. The molecular weight excluding hydrogens is 313 g/mol. The molecule has 6 nitrogen and oxygen atoms in total. The molecule has 1 atom stereocenters. The molecule has 0 unspecified atom stereocenters. The third-order valence-electron chi connectivity index (χ3n) is 4.59. The highest BCUT2D eigenvalue weighted by Crippen LogP contribution is 2.31. The Labute approximate surface area is 138 Å². The number of aliphatic carboxylic acids is 1. The van der Waals surface area contributed by atoms with Gasteiger partial charge < -0.3 is 10.0 Å². The highest BCUT2D eigenvalue weighted by atomic mass is 19.1. The van der Waals surface area contributed by atoms with Crippen molar-refractivity contribution >= 4 is 11.9 Å². The molecule has 2 aromatic rings. The number of carbonyl (C=O) groups excluding carboxylic acids is 1. The van der Waals surface area contributed by atoms with Gasteiger partial charge in [0.05, 0.1) is 28.6 Å². The van der Waals surface area contributed by atoms with Crippen LogP contribution in [0.2, 0.25) is 0 Å². The van der Waals surface area contributed by atoms with Crippen LogP contribution in [0.3, 0.4) is 0 Å². The zero-order chi connectivity index (χ0) is 17.5. The van der Waals surface area contributed by atoms with Crippen LogP contribution in [-0.2, 0) is 4.79 Å². The lowest BCUT2D eigenvalue weighted by Crippen LogP contribution is -2.35. The molecule has 1 amide bonds. The van der Waals surface area contributed by atoms with Gasteiger partial charge in [0.25, 0.3) is 5.91 Å². The Bertz CT molecular complexity index is 800. The molecule has 0 radical (unpaired) electrons. The van der Waals surface area contributed by atoms with Crippen molar-refractivity contribution in [2.75, 3.05) is 13.1 Å². The lowest BCUT2D eigenvalue weighted by Gasteiger charge is -2.20. The molecule has 1 aliphatic heterocycles. The summed E-state index contributed by atoms with van der Waals surface area (Å²) in [6, 6.07) is 5.83. The van der Waals surface area contributed by atoms with Gasteiger partial charge in [0.1, 0.15) is 5.82 Å². The van der Waals surface area contributed by atoms with Crippen LogP contribution in [-0.4, -0.2) is 44.8 Å². The first-order chi connectivity index (χ1) is 11.3. The Morgan fingerprint density at radius 3 is 2.54 bits per heavy atom. The van der Waals surface area contributed by atoms with Crippen molar-refractivity contribution in [2.45, 2.75) is 20.3 Å². The Hall–Kier alpha value is -2.70. The van der Waals surface area contributed by atoms with E-state index in [4.69, 9.17) is 0 Å². The van der Waals surface area contributed by atoms with Gasteiger partial charge in [-0.25, -0.2) is 9.07 Å². The van der Waals surface area contributed by atoms with Gasteiger partial charge in [-0.15, -0.1) is 0 Å². The molecule has 0 aliphatic carbocycles. The second kappa shape index (κ2) is 5.74. The summed E-state index contributed by atoms with van der Waals surface area (Å²) in [5.41, 5.74) is 0.811. The van der Waals surface area contributed by atoms with Crippen molar-refractivity contribution in [2.24, 2.45) is 5.41 Å². The number of carbonyl (C=O) groups is 2. The molecule has 1 fully saturated rings. The first kappa shape index (κ1) is 16.2. The average Bonchev–Trinajstić information content (AvgIpc) is 3.12. The molecule has 0 spiro atoms. The molecule has 1 N–H and O–H groups in total. The van der Waals surface area contributed by atoms with Crippen LogP contribution in [0, 0.1) is 18.2 Å². The van der Waals surface area contributed by atoms with Gasteiger partial charge in [-0.2, -0.15) is 5.10 Å². The third-order valence-corrected chi connectivity index (χ3v) is 4.59. The molecule has 0 bridgehead atoms. The van der Waals surface area contributed by atoms with E-state index in [1.165, 1.54) is 18.3 Å². The summed E-state index contributed by atoms with van der Waals surface area (Å²) < 4.78 is 14.6. The van der Waals surface area contributed by atoms with Gasteiger partial charge in [-0.3, -0.25) is 9.59 Å². The maximum atomic E-state index is 13.0. The van der Waals surface area contributed by atoms with Gasteiger partial charge in [-0.05, 0) is 44.5 Å². The summed E-state index contributed by atoms with van der Waals surface area (Å²) in [4.78, 5) is 25.6. The first-order valence-electron chi connectivity index (χ1n) is 7.65. The van der Waals surface area contributed by atoms with E-state index in [0.29, 0.717) is 29.9 Å². The van der Waals surface area contributed by atoms with Crippen LogP contribution in [0.15, 0.2) is 30.5 Å². The summed E-state index contributed by atoms with van der Waals surface area (Å²) in [6.07, 6.45) is 1.90. The van der Waals surface area contributed by atoms with E-state index in [2.05, 4.69) is 5.10 Å². The maximum absolute atomic E-state index is 13.0. The molecule has 7 heteroatoms. The Kier molecular flexibility index (Phi) is 3.87. The second-order valence-corrected chi connectivity index (χ2v) is 6.37. The molecule has 3 rings (SSSR count). The summed E-state index contributed by atoms with van der Waals surface area (Å²) >= 11 is 0. The predicted molar refractivity (Wildman–Crippen MR) is 84.5 cm³/mol. The monoisotopic (exact) mass is 331 g/mol. The average molecular weight is 331 g/mol. The fraction of sp³-hybridized carbons (Fsp3) is 0.353. The molecule has 1 aliphatic rings. The standard InChI is InChI=1S/C17H18FN3O3/c1-11-14(9-19-21(11)13-5-3-12(18)4-6-13)15(22)20-8-7-17(2,10-20)16(23)24/h3-6,9H,7-8,10H2,1-2H3,(H,23,24)/t17-/m0/s1. The Morgan fingerprint density at radius 2 is 1.96 bits per heavy atom. The minimum absolute atomic E-state index is 0.183. The number of amides is 1. The zero-order valence-corrected chi connectivity index (χ0v) is 13.5. The molecule has 24 heavy (non-hydrogen) atoms. The minimum atomic E-state index is -0.906. The number of rotatable bonds is 3. The number of hydrogen-bond donors (Lipinski definition) is 1. The van der Waals surface area contributed by atoms with E-state index >= 15 is 0 Å². The molecule has 2 heterocycles. The van der Waals surface area contributed by atoms with Gasteiger partial charge in [-0.1, -0.05) is 0 Å². The van der Waals surface area contributed by atoms with E-state index in [9.17, 15) is 19.1 Å². The second-order valence-electron chi connectivity index (χ2n) is 6.37. The van der Waals surface area contributed by atoms with E-state index in [1.807, 2.05) is 0 Å². The highest BCUT2D eigenvalue weighted by Gasteiger charge is 2.42. The van der Waals surface area contributed by atoms with Gasteiger partial charge in [0.2, 0.25) is 0 Å². The van der Waals surface area contributed by atoms with Crippen LogP contribution in [0.1, 0.15) is 29.4 Å². The lowest BCUT2D eigenvalue weighted by atomic mass is 9.90. The summed E-state index contributed by atoms with van der Waals surface area (Å²) in [5, 5.41) is 13.5. The van der Waals surface area contributed by atoms with Gasteiger partial charge >= 0.3 is 5.97 Å². The molecule has 1 aromatic carbocycles. The normalized spacial score (nSPS) is 20.4. The van der Waals surface area contributed by atoms with Crippen molar-refractivity contribution in [1.82, 2.24) is 14.7 Å². The summed E-state index contributed by atoms with van der Waals surface area (Å²) in [5.74, 6) is -1.47. The molecule has 126 valence electrons. The van der Waals surface area contributed by atoms with E-state index in [-0.39, 0.29) is 18.3 Å². The number of nitrogens with zero attached hydrogens (tertiary/aromatic N) is 3. The first-order valence-corrected chi connectivity index (χ1v) is 7.65. The molecule has 0 saturated carbocycles. The predicted octanol–water partition coefficient (Wildman–Crippen LogP) is 2.26. The highest BCUT2D eigenvalue weighted by molar-refractivity contribution is 5.96. The van der Waals surface area contributed by atoms with Crippen LogP contribution in [0.4, 0.5) is 4.39 Å². The number of benzene rings is 1. The SMILES string of the molecule is Cc1c(C(=O)N2CC[C@](C)(C(=O)O)C2)cnn1-c1ccc(F)cc1. The van der Waals surface area contributed by atoms with Crippen molar-refractivity contribution in [3.05, 3.63) is 47.5 Å². The fourth-order valence-electron chi connectivity index (χ4n) is 2.94. The van der Waals surface area contributed by atoms with Crippen LogP contribution in [0.5, 0.6) is 0 Å². The van der Waals surface area contributed by atoms with Crippen LogP contribution in [0.25, 0.3) is 5.69 Å². The summed E-state index contributed by atoms with van der Waals surface area (Å²) in [6.45, 7) is 4.00. The minimum Gasteiger partial charge on any atom is -0.481 e. The smallest absolute Gasteiger partial charge is 0.311 e. The molecule has 1 aromatic heterocycles. The number of halogens is 1. The number of aromatic nitrogens is 2. The largest absolute Gasteiger partial charge is 0.481 e. The summed E-state index contributed by atoms with van der Waals surface area (Å²) in [7, 11) is 0.